The van der Waals surface area contributed by atoms with E-state index >= 15 is 0 Å². The minimum Gasteiger partial charge on any atom is -0.493 e. The van der Waals surface area contributed by atoms with Crippen LogP contribution in [-0.4, -0.2) is 70.6 Å². The van der Waals surface area contributed by atoms with Gasteiger partial charge in [-0.05, 0) is 85.5 Å². The molecule has 1 unspecified atom stereocenters. The second-order valence-electron chi connectivity index (χ2n) is 11.8. The number of ether oxygens (including phenoxy) is 2. The minimum absolute atomic E-state index is 0.0151. The molecule has 2 aromatic carbocycles. The number of carboxylic acid groups (broad SMARTS) is 1. The second-order valence-corrected chi connectivity index (χ2v) is 11.8. The van der Waals surface area contributed by atoms with Crippen LogP contribution in [-0.2, 0) is 17.8 Å². The van der Waals surface area contributed by atoms with Crippen molar-refractivity contribution >= 4 is 23.7 Å². The minimum atomic E-state index is -0.865. The van der Waals surface area contributed by atoms with Gasteiger partial charge in [-0.1, -0.05) is 31.2 Å². The average Bonchev–Trinajstić information content (AvgIpc) is 3.02. The van der Waals surface area contributed by atoms with Crippen LogP contribution >= 0.6 is 0 Å². The standard InChI is InChI=1S/C34H40N4O6/c1-24-3-2-16-37(21-24)22-26-4-8-28(9-5-26)33(41)36-29-10-13-31(35-20-29)44-34(42)38-17-14-27(15-18-38)23-43-30-11-6-25(7-12-30)19-32(39)40/h4-13,20,24,27H,2-3,14-19,21-23H2,1H3,(H,36,41)(H,39,40). The van der Waals surface area contributed by atoms with E-state index in [0.717, 1.165) is 44.0 Å². The molecule has 2 aliphatic heterocycles. The Balaban J connectivity index is 1.02. The van der Waals surface area contributed by atoms with E-state index in [2.05, 4.69) is 22.1 Å². The number of carbonyl (C=O) groups is 3. The topological polar surface area (TPSA) is 121 Å². The summed E-state index contributed by atoms with van der Waals surface area (Å²) in [5.41, 5.74) is 3.00. The quantitative estimate of drug-likeness (QED) is 0.314. The third kappa shape index (κ3) is 9.03. The van der Waals surface area contributed by atoms with Crippen molar-refractivity contribution in [2.75, 3.05) is 38.1 Å². The molecule has 3 heterocycles. The molecule has 0 aliphatic carbocycles. The van der Waals surface area contributed by atoms with E-state index in [-0.39, 0.29) is 18.2 Å². The highest BCUT2D eigenvalue weighted by Gasteiger charge is 2.25. The number of hydrogen-bond donors (Lipinski definition) is 2. The maximum Gasteiger partial charge on any atom is 0.416 e. The van der Waals surface area contributed by atoms with Crippen LogP contribution in [0.15, 0.2) is 66.9 Å². The molecule has 5 rings (SSSR count). The van der Waals surface area contributed by atoms with Gasteiger partial charge in [-0.3, -0.25) is 14.5 Å². The summed E-state index contributed by atoms with van der Waals surface area (Å²) in [5, 5.41) is 11.7. The first-order valence-corrected chi connectivity index (χ1v) is 15.3. The molecule has 0 bridgehead atoms. The number of amides is 2. The molecule has 10 nitrogen and oxygen atoms in total. The molecule has 2 amide bonds. The van der Waals surface area contributed by atoms with Crippen molar-refractivity contribution in [2.24, 2.45) is 11.8 Å². The van der Waals surface area contributed by atoms with Crippen LogP contribution in [0.2, 0.25) is 0 Å². The normalized spacial score (nSPS) is 17.6. The maximum atomic E-state index is 12.8. The number of aromatic nitrogens is 1. The van der Waals surface area contributed by atoms with Crippen molar-refractivity contribution in [2.45, 2.75) is 45.6 Å². The van der Waals surface area contributed by atoms with Gasteiger partial charge in [-0.15, -0.1) is 0 Å². The highest BCUT2D eigenvalue weighted by atomic mass is 16.6. The number of likely N-dealkylation sites (tertiary alicyclic amines) is 2. The molecule has 0 spiro atoms. The third-order valence-corrected chi connectivity index (χ3v) is 8.19. The van der Waals surface area contributed by atoms with Crippen LogP contribution in [0, 0.1) is 11.8 Å². The lowest BCUT2D eigenvalue weighted by Crippen LogP contribution is -2.41. The van der Waals surface area contributed by atoms with E-state index in [1.807, 2.05) is 24.3 Å². The third-order valence-electron chi connectivity index (χ3n) is 8.19. The summed E-state index contributed by atoms with van der Waals surface area (Å²) in [4.78, 5) is 44.6. The number of nitrogens with zero attached hydrogens (tertiary/aromatic N) is 3. The van der Waals surface area contributed by atoms with E-state index < -0.39 is 12.1 Å². The number of nitrogens with one attached hydrogen (secondary N) is 1. The van der Waals surface area contributed by atoms with Crippen LogP contribution in [0.5, 0.6) is 11.6 Å². The van der Waals surface area contributed by atoms with Gasteiger partial charge in [-0.2, -0.15) is 0 Å². The van der Waals surface area contributed by atoms with Gasteiger partial charge in [0, 0.05) is 37.8 Å². The molecule has 10 heteroatoms. The van der Waals surface area contributed by atoms with E-state index in [1.54, 1.807) is 41.3 Å². The highest BCUT2D eigenvalue weighted by Crippen LogP contribution is 2.22. The number of pyridine rings is 1. The zero-order chi connectivity index (χ0) is 30.9. The summed E-state index contributed by atoms with van der Waals surface area (Å²) < 4.78 is 11.3. The Bertz CT molecular complexity index is 1400. The van der Waals surface area contributed by atoms with Gasteiger partial charge in [0.1, 0.15) is 5.75 Å². The molecule has 232 valence electrons. The Kier molecular flexibility index (Phi) is 10.5. The molecular weight excluding hydrogens is 560 g/mol. The molecule has 2 fully saturated rings. The van der Waals surface area contributed by atoms with E-state index in [4.69, 9.17) is 14.6 Å². The van der Waals surface area contributed by atoms with Crippen molar-refractivity contribution < 1.29 is 29.0 Å². The first-order chi connectivity index (χ1) is 21.3. The fraction of sp³-hybridized carbons (Fsp3) is 0.412. The number of aliphatic carboxylic acids is 1. The maximum absolute atomic E-state index is 12.8. The Morgan fingerprint density at radius 1 is 0.932 bits per heavy atom. The predicted molar refractivity (Wildman–Crippen MR) is 166 cm³/mol. The van der Waals surface area contributed by atoms with Gasteiger partial charge in [0.2, 0.25) is 5.88 Å². The van der Waals surface area contributed by atoms with Gasteiger partial charge in [0.05, 0.1) is 24.9 Å². The SMILES string of the molecule is CC1CCCN(Cc2ccc(C(=O)Nc3ccc(OC(=O)N4CCC(COc5ccc(CC(=O)O)cc5)CC4)nc3)cc2)C1. The lowest BCUT2D eigenvalue weighted by molar-refractivity contribution is -0.136. The molecule has 2 aliphatic rings. The van der Waals surface area contributed by atoms with Crippen LogP contribution in [0.4, 0.5) is 10.5 Å². The summed E-state index contributed by atoms with van der Waals surface area (Å²) in [6.45, 7) is 7.06. The summed E-state index contributed by atoms with van der Waals surface area (Å²) in [7, 11) is 0. The summed E-state index contributed by atoms with van der Waals surface area (Å²) in [6.07, 6.45) is 5.10. The number of benzene rings is 2. The van der Waals surface area contributed by atoms with E-state index in [1.165, 1.54) is 24.6 Å². The summed E-state index contributed by atoms with van der Waals surface area (Å²) in [6, 6.07) is 18.0. The molecular formula is C34H40N4O6. The molecule has 0 radical (unpaired) electrons. The van der Waals surface area contributed by atoms with Gasteiger partial charge in [-0.25, -0.2) is 9.78 Å². The van der Waals surface area contributed by atoms with Crippen LogP contribution in [0.25, 0.3) is 0 Å². The zero-order valence-corrected chi connectivity index (χ0v) is 25.1. The monoisotopic (exact) mass is 600 g/mol. The highest BCUT2D eigenvalue weighted by molar-refractivity contribution is 6.04. The molecule has 44 heavy (non-hydrogen) atoms. The average molecular weight is 601 g/mol. The van der Waals surface area contributed by atoms with Gasteiger partial charge in [0.15, 0.2) is 0 Å². The molecule has 2 saturated heterocycles. The number of piperidine rings is 2. The lowest BCUT2D eigenvalue weighted by atomic mass is 9.98. The number of rotatable bonds is 10. The molecule has 1 aromatic heterocycles. The molecule has 3 aromatic rings. The van der Waals surface area contributed by atoms with Gasteiger partial charge in [0.25, 0.3) is 5.91 Å². The Labute approximate surface area is 258 Å². The first-order valence-electron chi connectivity index (χ1n) is 15.3. The number of carboxylic acids is 1. The van der Waals surface area contributed by atoms with Gasteiger partial charge >= 0.3 is 12.1 Å². The number of carbonyl (C=O) groups excluding carboxylic acids is 2. The van der Waals surface area contributed by atoms with Crippen molar-refractivity contribution in [1.29, 1.82) is 0 Å². The molecule has 2 N–H and O–H groups in total. The second kappa shape index (κ2) is 14.8. The Hall–Kier alpha value is -4.44. The number of anilines is 1. The van der Waals surface area contributed by atoms with Crippen molar-refractivity contribution in [3.05, 3.63) is 83.6 Å². The number of hydrogen-bond acceptors (Lipinski definition) is 7. The predicted octanol–water partition coefficient (Wildman–Crippen LogP) is 5.48. The van der Waals surface area contributed by atoms with Gasteiger partial charge < -0.3 is 24.8 Å². The lowest BCUT2D eigenvalue weighted by Gasteiger charge is -2.31. The smallest absolute Gasteiger partial charge is 0.416 e. The summed E-state index contributed by atoms with van der Waals surface area (Å²) >= 11 is 0. The zero-order valence-electron chi connectivity index (χ0n) is 25.1. The van der Waals surface area contributed by atoms with Crippen LogP contribution in [0.3, 0.4) is 0 Å². The van der Waals surface area contributed by atoms with Crippen molar-refractivity contribution in [3.8, 4) is 11.6 Å². The van der Waals surface area contributed by atoms with Crippen LogP contribution in [0.1, 0.15) is 54.1 Å². The fourth-order valence-corrected chi connectivity index (χ4v) is 5.70. The van der Waals surface area contributed by atoms with E-state index in [0.29, 0.717) is 42.6 Å². The Morgan fingerprint density at radius 3 is 2.32 bits per heavy atom. The van der Waals surface area contributed by atoms with Crippen LogP contribution < -0.4 is 14.8 Å². The fourth-order valence-electron chi connectivity index (χ4n) is 5.70. The Morgan fingerprint density at radius 2 is 1.66 bits per heavy atom. The molecule has 1 atom stereocenters. The van der Waals surface area contributed by atoms with E-state index in [9.17, 15) is 14.4 Å². The molecule has 0 saturated carbocycles. The van der Waals surface area contributed by atoms with Crippen molar-refractivity contribution in [3.63, 3.8) is 0 Å². The van der Waals surface area contributed by atoms with Crippen molar-refractivity contribution in [1.82, 2.24) is 14.8 Å². The summed E-state index contributed by atoms with van der Waals surface area (Å²) in [5.74, 6) is 0.802. The first kappa shape index (κ1) is 31.0. The largest absolute Gasteiger partial charge is 0.493 e.